The van der Waals surface area contributed by atoms with Gasteiger partial charge in [-0.3, -0.25) is 4.79 Å². The maximum atomic E-state index is 12.5. The van der Waals surface area contributed by atoms with E-state index in [2.05, 4.69) is 35.0 Å². The highest BCUT2D eigenvalue weighted by Gasteiger charge is 2.32. The summed E-state index contributed by atoms with van der Waals surface area (Å²) in [4.78, 5) is 16.9. The van der Waals surface area contributed by atoms with Gasteiger partial charge in [-0.05, 0) is 23.6 Å². The second-order valence-electron chi connectivity index (χ2n) is 7.58. The number of rotatable bonds is 6. The summed E-state index contributed by atoms with van der Waals surface area (Å²) >= 11 is 1.81. The van der Waals surface area contributed by atoms with Crippen LogP contribution in [0.1, 0.15) is 29.3 Å². The molecule has 2 aliphatic rings. The Hall–Kier alpha value is -1.73. The predicted octanol–water partition coefficient (Wildman–Crippen LogP) is 0.522. The number of hydrogen-bond acceptors (Lipinski definition) is 3. The number of morpholine rings is 1. The molecular weight excluding hydrogens is 358 g/mol. The Morgan fingerprint density at radius 2 is 1.96 bits per heavy atom. The molecule has 1 aromatic heterocycles. The van der Waals surface area contributed by atoms with E-state index < -0.39 is 0 Å². The van der Waals surface area contributed by atoms with E-state index in [-0.39, 0.29) is 5.91 Å². The van der Waals surface area contributed by atoms with Gasteiger partial charge in [0.05, 0.1) is 24.6 Å². The van der Waals surface area contributed by atoms with Crippen LogP contribution >= 0.6 is 11.3 Å². The van der Waals surface area contributed by atoms with E-state index in [9.17, 15) is 4.79 Å². The van der Waals surface area contributed by atoms with Gasteiger partial charge in [-0.25, -0.2) is 0 Å². The summed E-state index contributed by atoms with van der Waals surface area (Å²) < 4.78 is 5.42. The summed E-state index contributed by atoms with van der Waals surface area (Å²) in [6, 6.07) is 13.1. The maximum absolute atomic E-state index is 12.5. The molecule has 2 fully saturated rings. The van der Waals surface area contributed by atoms with Gasteiger partial charge in [0.2, 0.25) is 0 Å². The van der Waals surface area contributed by atoms with E-state index in [1.54, 1.807) is 4.90 Å². The molecule has 3 heterocycles. The first kappa shape index (κ1) is 18.6. The summed E-state index contributed by atoms with van der Waals surface area (Å²) in [5.41, 5.74) is 2.21. The van der Waals surface area contributed by atoms with E-state index >= 15 is 0 Å². The second-order valence-corrected chi connectivity index (χ2v) is 8.56. The normalized spacial score (nSPS) is 23.4. The number of benzene rings is 1. The van der Waals surface area contributed by atoms with E-state index in [1.165, 1.54) is 28.2 Å². The van der Waals surface area contributed by atoms with Crippen LogP contribution in [0, 0.1) is 0 Å². The van der Waals surface area contributed by atoms with Crippen LogP contribution in [0.2, 0.25) is 0 Å². The number of ether oxygens (including phenoxy) is 1. The molecule has 3 N–H and O–H groups in total. The zero-order chi connectivity index (χ0) is 18.5. The van der Waals surface area contributed by atoms with Crippen molar-refractivity contribution in [1.29, 1.82) is 0 Å². The van der Waals surface area contributed by atoms with Crippen LogP contribution in [0.3, 0.4) is 0 Å². The zero-order valence-corrected chi connectivity index (χ0v) is 16.5. The molecule has 5 nitrogen and oxygen atoms in total. The Balaban J connectivity index is 1.29. The Morgan fingerprint density at radius 3 is 2.70 bits per heavy atom. The molecule has 144 valence electrons. The number of amides is 1. The largest absolute Gasteiger partial charge is 0.370 e. The van der Waals surface area contributed by atoms with Crippen LogP contribution in [0.5, 0.6) is 0 Å². The molecule has 0 saturated carbocycles. The van der Waals surface area contributed by atoms with E-state index in [1.807, 2.05) is 23.5 Å². The van der Waals surface area contributed by atoms with Crippen molar-refractivity contribution >= 4 is 22.9 Å². The molecule has 1 amide bonds. The van der Waals surface area contributed by atoms with Crippen LogP contribution in [-0.2, 0) is 16.1 Å². The van der Waals surface area contributed by atoms with Crippen molar-refractivity contribution in [3.05, 3.63) is 52.2 Å². The molecule has 0 bridgehead atoms. The average Bonchev–Trinajstić information content (AvgIpc) is 3.36. The lowest BCUT2D eigenvalue weighted by molar-refractivity contribution is -0.921. The molecular formula is C21H29N3O2S+2. The summed E-state index contributed by atoms with van der Waals surface area (Å²) in [5.74, 6) is 0.111. The van der Waals surface area contributed by atoms with Gasteiger partial charge in [0, 0.05) is 24.1 Å². The molecule has 2 saturated heterocycles. The van der Waals surface area contributed by atoms with Crippen LogP contribution in [0.15, 0.2) is 41.8 Å². The van der Waals surface area contributed by atoms with Crippen molar-refractivity contribution in [2.45, 2.75) is 25.4 Å². The third kappa shape index (κ3) is 4.96. The lowest BCUT2D eigenvalue weighted by Gasteiger charge is -2.23. The highest BCUT2D eigenvalue weighted by molar-refractivity contribution is 7.10. The number of likely N-dealkylation sites (tertiary alicyclic amines) is 1. The number of carbonyl (C=O) groups is 1. The molecule has 2 aromatic rings. The van der Waals surface area contributed by atoms with Crippen molar-refractivity contribution < 1.29 is 19.3 Å². The zero-order valence-electron chi connectivity index (χ0n) is 15.7. The molecule has 0 aliphatic carbocycles. The highest BCUT2D eigenvalue weighted by Crippen LogP contribution is 2.23. The molecule has 1 unspecified atom stereocenters. The number of anilines is 1. The first-order chi connectivity index (χ1) is 13.3. The maximum Gasteiger partial charge on any atom is 0.279 e. The summed E-state index contributed by atoms with van der Waals surface area (Å²) in [6.45, 7) is 6.51. The smallest absolute Gasteiger partial charge is 0.279 e. The van der Waals surface area contributed by atoms with Gasteiger partial charge in [0.1, 0.15) is 25.7 Å². The topological polar surface area (TPSA) is 47.2 Å². The Bertz CT molecular complexity index is 726. The first-order valence-electron chi connectivity index (χ1n) is 9.96. The molecule has 0 spiro atoms. The fourth-order valence-corrected chi connectivity index (χ4v) is 5.12. The van der Waals surface area contributed by atoms with Gasteiger partial charge in [0.25, 0.3) is 5.91 Å². The number of thiophene rings is 1. The lowest BCUT2D eigenvalue weighted by Crippen LogP contribution is -3.12. The fourth-order valence-electron chi connectivity index (χ4n) is 4.20. The van der Waals surface area contributed by atoms with Gasteiger partial charge in [0.15, 0.2) is 6.54 Å². The molecule has 27 heavy (non-hydrogen) atoms. The van der Waals surface area contributed by atoms with Gasteiger partial charge in [-0.2, -0.15) is 0 Å². The number of nitrogens with one attached hydrogen (secondary N) is 3. The molecule has 2 atom stereocenters. The second kappa shape index (κ2) is 8.97. The lowest BCUT2D eigenvalue weighted by atomic mass is 10.2. The summed E-state index contributed by atoms with van der Waals surface area (Å²) in [7, 11) is 0. The third-order valence-corrected chi connectivity index (χ3v) is 6.64. The predicted molar refractivity (Wildman–Crippen MR) is 107 cm³/mol. The van der Waals surface area contributed by atoms with Gasteiger partial charge in [-0.15, -0.1) is 11.3 Å². The monoisotopic (exact) mass is 387 g/mol. The Labute approximate surface area is 164 Å². The molecule has 1 aromatic carbocycles. The van der Waals surface area contributed by atoms with Crippen LogP contribution in [0.4, 0.5) is 5.69 Å². The van der Waals surface area contributed by atoms with Gasteiger partial charge < -0.3 is 19.9 Å². The van der Waals surface area contributed by atoms with Crippen molar-refractivity contribution in [2.24, 2.45) is 0 Å². The van der Waals surface area contributed by atoms with Crippen LogP contribution in [-0.4, -0.2) is 45.3 Å². The minimum absolute atomic E-state index is 0.111. The van der Waals surface area contributed by atoms with Crippen LogP contribution in [0.25, 0.3) is 0 Å². The Morgan fingerprint density at radius 1 is 1.15 bits per heavy atom. The summed E-state index contributed by atoms with van der Waals surface area (Å²) in [6.07, 6.45) is 2.38. The quantitative estimate of drug-likeness (QED) is 0.677. The van der Waals surface area contributed by atoms with Crippen molar-refractivity contribution in [1.82, 2.24) is 0 Å². The minimum atomic E-state index is 0.111. The molecule has 4 rings (SSSR count). The highest BCUT2D eigenvalue weighted by atomic mass is 32.1. The van der Waals surface area contributed by atoms with Crippen LogP contribution < -0.4 is 15.1 Å². The SMILES string of the molecule is O=C(C[NH+]1CCC[C@H]1c1cccs1)Nc1ccc(C[NH+]2CCOCC2)cc1. The molecule has 0 radical (unpaired) electrons. The van der Waals surface area contributed by atoms with Crippen molar-refractivity contribution in [3.8, 4) is 0 Å². The molecule has 6 heteroatoms. The number of carbonyl (C=O) groups excluding carboxylic acids is 1. The van der Waals surface area contributed by atoms with Gasteiger partial charge in [-0.1, -0.05) is 18.2 Å². The van der Waals surface area contributed by atoms with Crippen molar-refractivity contribution in [3.63, 3.8) is 0 Å². The third-order valence-electron chi connectivity index (χ3n) is 5.65. The first-order valence-corrected chi connectivity index (χ1v) is 10.8. The summed E-state index contributed by atoms with van der Waals surface area (Å²) in [5, 5.41) is 5.21. The Kier molecular flexibility index (Phi) is 6.19. The average molecular weight is 388 g/mol. The fraction of sp³-hybridized carbons (Fsp3) is 0.476. The van der Waals surface area contributed by atoms with Crippen molar-refractivity contribution in [2.75, 3.05) is 44.7 Å². The van der Waals surface area contributed by atoms with E-state index in [0.717, 1.165) is 45.1 Å². The van der Waals surface area contributed by atoms with Gasteiger partial charge >= 0.3 is 0 Å². The van der Waals surface area contributed by atoms with E-state index in [0.29, 0.717) is 12.6 Å². The number of hydrogen-bond donors (Lipinski definition) is 3. The molecule has 2 aliphatic heterocycles. The number of quaternary nitrogens is 2. The minimum Gasteiger partial charge on any atom is -0.370 e. The van der Waals surface area contributed by atoms with E-state index in [4.69, 9.17) is 4.74 Å². The standard InChI is InChI=1S/C21H27N3O2S/c25-21(16-24-9-1-3-19(24)20-4-2-14-27-20)22-18-7-5-17(6-8-18)15-23-10-12-26-13-11-23/h2,4-8,14,19H,1,3,9-13,15-16H2,(H,22,25)/p+2/t19-/m0/s1.